The molecule has 2 aliphatic heterocycles. The van der Waals surface area contributed by atoms with Gasteiger partial charge in [-0.3, -0.25) is 4.99 Å². The van der Waals surface area contributed by atoms with Crippen molar-refractivity contribution < 1.29 is 4.74 Å². The number of hydrogen-bond acceptors (Lipinski definition) is 3. The van der Waals surface area contributed by atoms with E-state index < -0.39 is 0 Å². The van der Waals surface area contributed by atoms with E-state index in [2.05, 4.69) is 9.89 Å². The van der Waals surface area contributed by atoms with Gasteiger partial charge in [-0.25, -0.2) is 0 Å². The molecule has 14 heavy (non-hydrogen) atoms. The van der Waals surface area contributed by atoms with Gasteiger partial charge in [0.25, 0.3) is 0 Å². The standard InChI is InChI=1S/C10H18N2O.ClH/c1-2-4-10(11-5-3-1)12-6-8-13-9-7-12;/h1-9H2;1H. The summed E-state index contributed by atoms with van der Waals surface area (Å²) in [4.78, 5) is 7.03. The van der Waals surface area contributed by atoms with Crippen molar-refractivity contribution in [2.75, 3.05) is 32.8 Å². The highest BCUT2D eigenvalue weighted by atomic mass is 35.5. The van der Waals surface area contributed by atoms with E-state index in [4.69, 9.17) is 4.74 Å². The number of morpholine rings is 1. The molecule has 1 fully saturated rings. The van der Waals surface area contributed by atoms with Gasteiger partial charge in [0.1, 0.15) is 0 Å². The number of aliphatic imine (C=N–C) groups is 1. The molecule has 0 bridgehead atoms. The normalized spacial score (nSPS) is 23.4. The summed E-state index contributed by atoms with van der Waals surface area (Å²) >= 11 is 0. The van der Waals surface area contributed by atoms with E-state index in [1.807, 2.05) is 0 Å². The molecule has 2 rings (SSSR count). The van der Waals surface area contributed by atoms with Crippen molar-refractivity contribution in [3.05, 3.63) is 0 Å². The lowest BCUT2D eigenvalue weighted by Crippen LogP contribution is -2.40. The molecule has 82 valence electrons. The number of hydrogen-bond donors (Lipinski definition) is 0. The molecular formula is C10H19ClN2O. The second-order valence-corrected chi connectivity index (χ2v) is 3.71. The van der Waals surface area contributed by atoms with Gasteiger partial charge in [0.15, 0.2) is 0 Å². The Balaban J connectivity index is 0.000000980. The summed E-state index contributed by atoms with van der Waals surface area (Å²) in [5.74, 6) is 1.33. The van der Waals surface area contributed by atoms with Crippen LogP contribution in [0.4, 0.5) is 0 Å². The predicted octanol–water partition coefficient (Wildman–Crippen LogP) is 1.71. The Morgan fingerprint density at radius 3 is 2.64 bits per heavy atom. The number of ether oxygens (including phenoxy) is 1. The van der Waals surface area contributed by atoms with Crippen LogP contribution in [0, 0.1) is 0 Å². The van der Waals surface area contributed by atoms with Crippen molar-refractivity contribution >= 4 is 18.2 Å². The Morgan fingerprint density at radius 1 is 1.07 bits per heavy atom. The predicted molar refractivity (Wildman–Crippen MR) is 60.4 cm³/mol. The van der Waals surface area contributed by atoms with Gasteiger partial charge >= 0.3 is 0 Å². The molecule has 0 saturated carbocycles. The molecule has 2 aliphatic rings. The maximum atomic E-state index is 5.33. The highest BCUT2D eigenvalue weighted by Crippen LogP contribution is 2.11. The third-order valence-corrected chi connectivity index (χ3v) is 2.73. The van der Waals surface area contributed by atoms with Crippen LogP contribution in [0.1, 0.15) is 25.7 Å². The number of nitrogens with zero attached hydrogens (tertiary/aromatic N) is 2. The lowest BCUT2D eigenvalue weighted by atomic mass is 10.2. The first-order chi connectivity index (χ1) is 6.47. The third kappa shape index (κ3) is 3.14. The van der Waals surface area contributed by atoms with Crippen molar-refractivity contribution in [2.45, 2.75) is 25.7 Å². The average molecular weight is 219 g/mol. The summed E-state index contributed by atoms with van der Waals surface area (Å²) in [5, 5.41) is 0. The second kappa shape index (κ2) is 6.25. The molecule has 3 nitrogen and oxygen atoms in total. The van der Waals surface area contributed by atoms with Gasteiger partial charge in [-0.1, -0.05) is 6.42 Å². The van der Waals surface area contributed by atoms with Gasteiger partial charge in [0, 0.05) is 26.1 Å². The first kappa shape index (κ1) is 11.8. The van der Waals surface area contributed by atoms with Gasteiger partial charge in [-0.2, -0.15) is 0 Å². The molecule has 0 spiro atoms. The molecule has 0 atom stereocenters. The van der Waals surface area contributed by atoms with Gasteiger partial charge in [-0.05, 0) is 12.8 Å². The van der Waals surface area contributed by atoms with Crippen LogP contribution in [0.25, 0.3) is 0 Å². The average Bonchev–Trinajstić information content (AvgIpc) is 2.47. The van der Waals surface area contributed by atoms with Crippen LogP contribution >= 0.6 is 12.4 Å². The van der Waals surface area contributed by atoms with Crippen molar-refractivity contribution in [2.24, 2.45) is 4.99 Å². The Kier molecular flexibility index (Phi) is 5.26. The van der Waals surface area contributed by atoms with E-state index in [0.29, 0.717) is 0 Å². The number of amidine groups is 1. The van der Waals surface area contributed by atoms with Crippen LogP contribution in [0.2, 0.25) is 0 Å². The van der Waals surface area contributed by atoms with Crippen LogP contribution in [0.15, 0.2) is 4.99 Å². The lowest BCUT2D eigenvalue weighted by molar-refractivity contribution is 0.0671. The van der Waals surface area contributed by atoms with E-state index >= 15 is 0 Å². The molecule has 0 radical (unpaired) electrons. The van der Waals surface area contributed by atoms with E-state index in [1.54, 1.807) is 0 Å². The summed E-state index contributed by atoms with van der Waals surface area (Å²) in [6, 6.07) is 0. The summed E-state index contributed by atoms with van der Waals surface area (Å²) < 4.78 is 5.33. The fourth-order valence-electron chi connectivity index (χ4n) is 1.94. The van der Waals surface area contributed by atoms with Crippen molar-refractivity contribution in [3.63, 3.8) is 0 Å². The van der Waals surface area contributed by atoms with Gasteiger partial charge in [0.2, 0.25) is 0 Å². The Hall–Kier alpha value is -0.280. The molecule has 0 unspecified atom stereocenters. The summed E-state index contributed by atoms with van der Waals surface area (Å²) in [5.41, 5.74) is 0. The monoisotopic (exact) mass is 218 g/mol. The first-order valence-electron chi connectivity index (χ1n) is 5.33. The molecule has 0 aliphatic carbocycles. The third-order valence-electron chi connectivity index (χ3n) is 2.73. The summed E-state index contributed by atoms with van der Waals surface area (Å²) in [7, 11) is 0. The topological polar surface area (TPSA) is 24.8 Å². The number of rotatable bonds is 0. The molecule has 0 aromatic carbocycles. The van der Waals surface area contributed by atoms with E-state index in [1.165, 1.54) is 31.5 Å². The fourth-order valence-corrected chi connectivity index (χ4v) is 1.94. The van der Waals surface area contributed by atoms with Crippen molar-refractivity contribution in [3.8, 4) is 0 Å². The Morgan fingerprint density at radius 2 is 1.86 bits per heavy atom. The van der Waals surface area contributed by atoms with Crippen LogP contribution < -0.4 is 0 Å². The minimum atomic E-state index is 0. The van der Waals surface area contributed by atoms with Crippen LogP contribution in [-0.4, -0.2) is 43.6 Å². The quantitative estimate of drug-likeness (QED) is 0.619. The maximum Gasteiger partial charge on any atom is 0.0990 e. The minimum absolute atomic E-state index is 0. The summed E-state index contributed by atoms with van der Waals surface area (Å²) in [6.07, 6.45) is 5.11. The van der Waals surface area contributed by atoms with Crippen LogP contribution in [0.3, 0.4) is 0 Å². The second-order valence-electron chi connectivity index (χ2n) is 3.71. The summed E-state index contributed by atoms with van der Waals surface area (Å²) in [6.45, 7) is 4.86. The van der Waals surface area contributed by atoms with Gasteiger partial charge < -0.3 is 9.64 Å². The molecule has 2 heterocycles. The SMILES string of the molecule is C1CCN=C(N2CCOCC2)CC1.Cl. The fraction of sp³-hybridized carbons (Fsp3) is 0.900. The van der Waals surface area contributed by atoms with E-state index in [-0.39, 0.29) is 12.4 Å². The lowest BCUT2D eigenvalue weighted by Gasteiger charge is -2.29. The van der Waals surface area contributed by atoms with Crippen LogP contribution in [0.5, 0.6) is 0 Å². The van der Waals surface area contributed by atoms with Gasteiger partial charge in [-0.15, -0.1) is 12.4 Å². The smallest absolute Gasteiger partial charge is 0.0990 e. The zero-order valence-corrected chi connectivity index (χ0v) is 9.39. The zero-order chi connectivity index (χ0) is 8.93. The maximum absolute atomic E-state index is 5.33. The molecule has 1 saturated heterocycles. The first-order valence-corrected chi connectivity index (χ1v) is 5.33. The molecule has 0 N–H and O–H groups in total. The van der Waals surface area contributed by atoms with Gasteiger partial charge in [0.05, 0.1) is 19.0 Å². The minimum Gasteiger partial charge on any atom is -0.378 e. The van der Waals surface area contributed by atoms with E-state index in [0.717, 1.165) is 32.8 Å². The molecular weight excluding hydrogens is 200 g/mol. The highest BCUT2D eigenvalue weighted by Gasteiger charge is 2.15. The highest BCUT2D eigenvalue weighted by molar-refractivity contribution is 5.85. The van der Waals surface area contributed by atoms with Crippen molar-refractivity contribution in [1.82, 2.24) is 4.90 Å². The molecule has 4 heteroatoms. The Labute approximate surface area is 91.9 Å². The molecule has 0 aromatic heterocycles. The zero-order valence-electron chi connectivity index (χ0n) is 8.57. The van der Waals surface area contributed by atoms with Crippen LogP contribution in [-0.2, 0) is 4.74 Å². The van der Waals surface area contributed by atoms with Crippen molar-refractivity contribution in [1.29, 1.82) is 0 Å². The largest absolute Gasteiger partial charge is 0.378 e. The number of halogens is 1. The molecule has 0 amide bonds. The molecule has 0 aromatic rings. The van der Waals surface area contributed by atoms with E-state index in [9.17, 15) is 0 Å². The Bertz CT molecular complexity index is 191.